The molecule has 0 fully saturated rings. The van der Waals surface area contributed by atoms with Crippen LogP contribution in [-0.4, -0.2) is 0 Å². The number of allylic oxidation sites excluding steroid dienone is 4. The molecule has 20 heavy (non-hydrogen) atoms. The van der Waals surface area contributed by atoms with Crippen LogP contribution in [0.1, 0.15) is 19.4 Å². The molecule has 0 saturated carbocycles. The first-order valence-electron chi connectivity index (χ1n) is 6.31. The Kier molecular flexibility index (Phi) is 6.26. The molecule has 0 radical (unpaired) electrons. The molecule has 0 nitrogen and oxygen atoms in total. The van der Waals surface area contributed by atoms with Crippen molar-refractivity contribution in [1.29, 1.82) is 0 Å². The molecule has 0 heterocycles. The Labute approximate surface area is 148 Å². The van der Waals surface area contributed by atoms with Gasteiger partial charge >= 0.3 is 124 Å². The van der Waals surface area contributed by atoms with Crippen molar-refractivity contribution in [3.63, 3.8) is 0 Å². The Morgan fingerprint density at radius 1 is 0.950 bits per heavy atom. The van der Waals surface area contributed by atoms with Crippen LogP contribution in [0.3, 0.4) is 0 Å². The normalized spacial score (nSPS) is 17.4. The average molecular weight is 383 g/mol. The van der Waals surface area contributed by atoms with Crippen LogP contribution in [-0.2, 0) is 24.7 Å². The van der Waals surface area contributed by atoms with Crippen molar-refractivity contribution < 1.29 is 24.7 Å². The van der Waals surface area contributed by atoms with E-state index in [0.29, 0.717) is 5.92 Å². The minimum absolute atomic E-state index is 0. The van der Waals surface area contributed by atoms with E-state index < -0.39 is 0 Å². The zero-order valence-electron chi connectivity index (χ0n) is 11.5. The van der Waals surface area contributed by atoms with Gasteiger partial charge in [-0.2, -0.15) is 0 Å². The van der Waals surface area contributed by atoms with Crippen molar-refractivity contribution in [2.75, 3.05) is 0 Å². The Balaban J connectivity index is 0.000001000. The van der Waals surface area contributed by atoms with Crippen molar-refractivity contribution in [2.24, 2.45) is 5.92 Å². The molecule has 1 unspecified atom stereocenters. The van der Waals surface area contributed by atoms with Gasteiger partial charge in [0, 0.05) is 0 Å². The number of rotatable bonds is 1. The monoisotopic (exact) mass is 381 g/mol. The summed E-state index contributed by atoms with van der Waals surface area (Å²) in [5.74, 6) is 0.608. The van der Waals surface area contributed by atoms with Crippen LogP contribution in [0.4, 0.5) is 0 Å². The molecule has 0 aliphatic heterocycles. The molecule has 0 spiro atoms. The minimum atomic E-state index is 0. The van der Waals surface area contributed by atoms with Crippen LogP contribution in [0.5, 0.6) is 0 Å². The fourth-order valence-electron chi connectivity index (χ4n) is 2.70. The predicted octanol–water partition coefficient (Wildman–Crippen LogP) is 5.54. The van der Waals surface area contributed by atoms with Gasteiger partial charge in [0.2, 0.25) is 0 Å². The maximum atomic E-state index is 2.42. The standard InChI is InChI=1S/C17H15.2ClH.Zr/c1-12-10-13(2)17(11-12)16-9-5-7-14-6-3-4-8-15(14)16;;;/h3-9,11-12H,1-2H3;2*1H;. The van der Waals surface area contributed by atoms with Crippen molar-refractivity contribution in [1.82, 2.24) is 0 Å². The Bertz CT molecular complexity index is 681. The third kappa shape index (κ3) is 2.96. The van der Waals surface area contributed by atoms with Crippen LogP contribution in [0.15, 0.2) is 57.4 Å². The molecule has 103 valence electrons. The van der Waals surface area contributed by atoms with Gasteiger partial charge in [-0.05, 0) is 0 Å². The molecule has 0 bridgehead atoms. The van der Waals surface area contributed by atoms with Crippen LogP contribution < -0.4 is 0 Å². The molecule has 3 heteroatoms. The molecule has 2 aromatic rings. The van der Waals surface area contributed by atoms with E-state index in [1.165, 1.54) is 27.5 Å². The second-order valence-corrected chi connectivity index (χ2v) is 6.26. The molecule has 3 rings (SSSR count). The summed E-state index contributed by atoms with van der Waals surface area (Å²) in [6.07, 6.45) is 2.42. The van der Waals surface area contributed by atoms with Crippen LogP contribution in [0, 0.1) is 5.92 Å². The molecule has 1 atom stereocenters. The first-order chi connectivity index (χ1) is 8.68. The number of benzene rings is 2. The van der Waals surface area contributed by atoms with Crippen molar-refractivity contribution >= 4 is 41.2 Å². The molecule has 2 aromatic carbocycles. The molecule has 0 N–H and O–H groups in total. The third-order valence-corrected chi connectivity index (χ3v) is 5.80. The average Bonchev–Trinajstić information content (AvgIpc) is 2.66. The summed E-state index contributed by atoms with van der Waals surface area (Å²) in [5.41, 5.74) is 4.30. The first kappa shape index (κ1) is 17.7. The number of hydrogen-bond donors (Lipinski definition) is 0. The smallest absolute Gasteiger partial charge is 0.147 e. The van der Waals surface area contributed by atoms with Gasteiger partial charge in [-0.1, -0.05) is 0 Å². The largest absolute Gasteiger partial charge is 0.147 e. The maximum absolute atomic E-state index is 2.42. The van der Waals surface area contributed by atoms with E-state index >= 15 is 0 Å². The Hall–Kier alpha value is -0.357. The van der Waals surface area contributed by atoms with E-state index in [-0.39, 0.29) is 24.8 Å². The zero-order chi connectivity index (χ0) is 12.7. The first-order valence-corrected chi connectivity index (χ1v) is 7.54. The quantitative estimate of drug-likeness (QED) is 0.607. The minimum Gasteiger partial charge on any atom is -0.147 e. The second-order valence-electron chi connectivity index (χ2n) is 4.93. The van der Waals surface area contributed by atoms with Gasteiger partial charge in [-0.15, -0.1) is 24.8 Å². The topological polar surface area (TPSA) is 0 Å². The van der Waals surface area contributed by atoms with E-state index in [0.717, 1.165) is 0 Å². The molecule has 0 aromatic heterocycles. The molecule has 1 aliphatic rings. The number of hydrogen-bond acceptors (Lipinski definition) is 0. The Morgan fingerprint density at radius 2 is 1.60 bits per heavy atom. The second kappa shape index (κ2) is 7.07. The molecular weight excluding hydrogens is 366 g/mol. The van der Waals surface area contributed by atoms with E-state index in [1.807, 2.05) is 0 Å². The number of halogens is 2. The Morgan fingerprint density at radius 3 is 2.25 bits per heavy atom. The van der Waals surface area contributed by atoms with Crippen molar-refractivity contribution in [3.05, 3.63) is 63.0 Å². The van der Waals surface area contributed by atoms with E-state index in [1.54, 1.807) is 28.0 Å². The summed E-state index contributed by atoms with van der Waals surface area (Å²) >= 11 is 1.55. The van der Waals surface area contributed by atoms with Gasteiger partial charge in [-0.25, -0.2) is 0 Å². The summed E-state index contributed by atoms with van der Waals surface area (Å²) in [7, 11) is 0. The SMILES string of the molecule is CC1=[C]([Zr])C(C)C=C1c1cccc2ccccc12.Cl.Cl. The van der Waals surface area contributed by atoms with Gasteiger partial charge in [0.15, 0.2) is 0 Å². The van der Waals surface area contributed by atoms with E-state index in [9.17, 15) is 0 Å². The summed E-state index contributed by atoms with van der Waals surface area (Å²) in [6.45, 7) is 4.56. The fraction of sp³-hybridized carbons (Fsp3) is 0.176. The van der Waals surface area contributed by atoms with Gasteiger partial charge < -0.3 is 0 Å². The van der Waals surface area contributed by atoms with Crippen molar-refractivity contribution in [2.45, 2.75) is 13.8 Å². The summed E-state index contributed by atoms with van der Waals surface area (Å²) < 4.78 is 1.59. The van der Waals surface area contributed by atoms with Gasteiger partial charge in [0.05, 0.1) is 0 Å². The van der Waals surface area contributed by atoms with Gasteiger partial charge in [0.25, 0.3) is 0 Å². The summed E-state index contributed by atoms with van der Waals surface area (Å²) in [6, 6.07) is 15.3. The maximum Gasteiger partial charge on any atom is -0.147 e. The van der Waals surface area contributed by atoms with Gasteiger partial charge in [0.1, 0.15) is 0 Å². The van der Waals surface area contributed by atoms with Crippen LogP contribution in [0.2, 0.25) is 0 Å². The van der Waals surface area contributed by atoms with E-state index in [4.69, 9.17) is 0 Å². The molecule has 1 aliphatic carbocycles. The molecular formula is C17H17Cl2Zr. The molecule has 0 amide bonds. The van der Waals surface area contributed by atoms with Gasteiger partial charge in [-0.3, -0.25) is 0 Å². The number of fused-ring (bicyclic) bond motifs is 1. The van der Waals surface area contributed by atoms with Crippen LogP contribution in [0.25, 0.3) is 16.3 Å². The summed E-state index contributed by atoms with van der Waals surface area (Å²) in [4.78, 5) is 0. The fourth-order valence-corrected chi connectivity index (χ4v) is 3.23. The third-order valence-electron chi connectivity index (χ3n) is 3.76. The van der Waals surface area contributed by atoms with Crippen LogP contribution >= 0.6 is 24.8 Å². The zero-order valence-corrected chi connectivity index (χ0v) is 15.6. The summed E-state index contributed by atoms with van der Waals surface area (Å²) in [5, 5.41) is 2.69. The van der Waals surface area contributed by atoms with E-state index in [2.05, 4.69) is 62.4 Å². The predicted molar refractivity (Wildman–Crippen MR) is 88.3 cm³/mol. The molecule has 0 saturated heterocycles. The van der Waals surface area contributed by atoms with Crippen molar-refractivity contribution in [3.8, 4) is 0 Å².